The molecule has 0 unspecified atom stereocenters. The molecule has 2 rings (SSSR count). The topological polar surface area (TPSA) is 65.2 Å². The maximum atomic E-state index is 5.82. The van der Waals surface area contributed by atoms with Crippen LogP contribution in [0.5, 0.6) is 0 Å². The molecule has 0 spiro atoms. The normalized spacial score (nSPS) is 10.8. The second kappa shape index (κ2) is 7.12. The van der Waals surface area contributed by atoms with Gasteiger partial charge in [0, 0.05) is 12.0 Å². The predicted octanol–water partition coefficient (Wildman–Crippen LogP) is 2.73. The monoisotopic (exact) mass is 258 g/mol. The lowest BCUT2D eigenvalue weighted by Crippen LogP contribution is -2.00. The Labute approximate surface area is 114 Å². The summed E-state index contributed by atoms with van der Waals surface area (Å²) in [6, 6.07) is 12.6. The van der Waals surface area contributed by atoms with Crippen molar-refractivity contribution in [3.05, 3.63) is 47.7 Å². The van der Waals surface area contributed by atoms with E-state index in [2.05, 4.69) is 24.3 Å². The summed E-state index contributed by atoms with van der Waals surface area (Å²) < 4.78 is 5.82. The zero-order chi connectivity index (χ0) is 13.5. The smallest absolute Gasteiger partial charge is 0.134 e. The zero-order valence-electron chi connectivity index (χ0n) is 11.3. The van der Waals surface area contributed by atoms with Crippen LogP contribution in [0, 0.1) is 0 Å². The van der Waals surface area contributed by atoms with Crippen molar-refractivity contribution in [2.75, 3.05) is 13.1 Å². The largest absolute Gasteiger partial charge is 0.461 e. The maximum Gasteiger partial charge on any atom is 0.134 e. The van der Waals surface area contributed by atoms with E-state index in [1.807, 2.05) is 12.1 Å². The van der Waals surface area contributed by atoms with Gasteiger partial charge in [-0.25, -0.2) is 0 Å². The molecule has 1 aromatic carbocycles. The Morgan fingerprint density at radius 3 is 2.16 bits per heavy atom. The quantitative estimate of drug-likeness (QED) is 0.802. The van der Waals surface area contributed by atoms with Crippen molar-refractivity contribution in [2.24, 2.45) is 11.5 Å². The van der Waals surface area contributed by atoms with E-state index in [4.69, 9.17) is 15.9 Å². The van der Waals surface area contributed by atoms with E-state index in [9.17, 15) is 0 Å². The lowest BCUT2D eigenvalue weighted by molar-refractivity contribution is 0.515. The molecule has 0 saturated carbocycles. The number of aryl methyl sites for hydroxylation is 2. The summed E-state index contributed by atoms with van der Waals surface area (Å²) in [5.41, 5.74) is 13.5. The van der Waals surface area contributed by atoms with Gasteiger partial charge in [0.25, 0.3) is 0 Å². The van der Waals surface area contributed by atoms with Gasteiger partial charge in [0.1, 0.15) is 11.5 Å². The molecule has 3 heteroatoms. The SMILES string of the molecule is NCCCc1ccc(-c2ccc(CCCN)o2)cc1. The van der Waals surface area contributed by atoms with Crippen molar-refractivity contribution in [3.8, 4) is 11.3 Å². The van der Waals surface area contributed by atoms with Crippen molar-refractivity contribution >= 4 is 0 Å². The van der Waals surface area contributed by atoms with Crippen LogP contribution >= 0.6 is 0 Å². The van der Waals surface area contributed by atoms with Gasteiger partial charge < -0.3 is 15.9 Å². The Kier molecular flexibility index (Phi) is 5.19. The van der Waals surface area contributed by atoms with E-state index in [1.165, 1.54) is 5.56 Å². The maximum absolute atomic E-state index is 5.82. The van der Waals surface area contributed by atoms with E-state index in [-0.39, 0.29) is 0 Å². The number of hydrogen-bond acceptors (Lipinski definition) is 3. The first kappa shape index (κ1) is 13.8. The average Bonchev–Trinajstić information content (AvgIpc) is 2.92. The minimum absolute atomic E-state index is 0.700. The van der Waals surface area contributed by atoms with E-state index >= 15 is 0 Å². The zero-order valence-corrected chi connectivity index (χ0v) is 11.3. The van der Waals surface area contributed by atoms with Gasteiger partial charge in [-0.1, -0.05) is 24.3 Å². The molecule has 0 bridgehead atoms. The summed E-state index contributed by atoms with van der Waals surface area (Å²) in [6.45, 7) is 1.44. The van der Waals surface area contributed by atoms with Crippen molar-refractivity contribution in [2.45, 2.75) is 25.7 Å². The molecule has 0 aliphatic heterocycles. The highest BCUT2D eigenvalue weighted by Gasteiger charge is 2.04. The van der Waals surface area contributed by atoms with E-state index in [0.717, 1.165) is 49.3 Å². The molecule has 0 saturated heterocycles. The lowest BCUT2D eigenvalue weighted by atomic mass is 10.1. The second-order valence-electron chi connectivity index (χ2n) is 4.75. The molecule has 0 radical (unpaired) electrons. The highest BCUT2D eigenvalue weighted by atomic mass is 16.3. The van der Waals surface area contributed by atoms with Gasteiger partial charge in [-0.2, -0.15) is 0 Å². The Balaban J connectivity index is 2.02. The van der Waals surface area contributed by atoms with E-state index in [0.29, 0.717) is 6.54 Å². The minimum atomic E-state index is 0.700. The molecular weight excluding hydrogens is 236 g/mol. The fraction of sp³-hybridized carbons (Fsp3) is 0.375. The highest BCUT2D eigenvalue weighted by molar-refractivity contribution is 5.57. The fourth-order valence-electron chi connectivity index (χ4n) is 2.09. The van der Waals surface area contributed by atoms with Crippen LogP contribution in [0.3, 0.4) is 0 Å². The van der Waals surface area contributed by atoms with Crippen LogP contribution in [0.4, 0.5) is 0 Å². The van der Waals surface area contributed by atoms with Crippen LogP contribution in [0.2, 0.25) is 0 Å². The van der Waals surface area contributed by atoms with Gasteiger partial charge in [-0.05, 0) is 50.0 Å². The van der Waals surface area contributed by atoms with Crippen molar-refractivity contribution in [3.63, 3.8) is 0 Å². The van der Waals surface area contributed by atoms with Crippen LogP contribution in [-0.2, 0) is 12.8 Å². The molecule has 2 aromatic rings. The Morgan fingerprint density at radius 1 is 0.789 bits per heavy atom. The molecule has 0 aliphatic carbocycles. The Morgan fingerprint density at radius 2 is 1.47 bits per heavy atom. The van der Waals surface area contributed by atoms with Crippen molar-refractivity contribution in [1.82, 2.24) is 0 Å². The van der Waals surface area contributed by atoms with Gasteiger partial charge in [0.2, 0.25) is 0 Å². The minimum Gasteiger partial charge on any atom is -0.461 e. The summed E-state index contributed by atoms with van der Waals surface area (Å²) >= 11 is 0. The lowest BCUT2D eigenvalue weighted by Gasteiger charge is -2.02. The molecule has 0 fully saturated rings. The molecule has 4 N–H and O–H groups in total. The molecule has 0 amide bonds. The Bertz CT molecular complexity index is 488. The van der Waals surface area contributed by atoms with Gasteiger partial charge in [0.15, 0.2) is 0 Å². The van der Waals surface area contributed by atoms with Crippen molar-refractivity contribution in [1.29, 1.82) is 0 Å². The summed E-state index contributed by atoms with van der Waals surface area (Å²) in [4.78, 5) is 0. The molecule has 0 atom stereocenters. The summed E-state index contributed by atoms with van der Waals surface area (Å²) in [6.07, 6.45) is 3.94. The third-order valence-corrected chi connectivity index (χ3v) is 3.20. The van der Waals surface area contributed by atoms with Gasteiger partial charge in [-0.3, -0.25) is 0 Å². The standard InChI is InChI=1S/C16H22N2O/c17-11-1-3-13-5-7-14(8-6-13)16-10-9-15(19-16)4-2-12-18/h5-10H,1-4,11-12,17-18H2. The number of hydrogen-bond donors (Lipinski definition) is 2. The van der Waals surface area contributed by atoms with Crippen LogP contribution < -0.4 is 11.5 Å². The summed E-state index contributed by atoms with van der Waals surface area (Å²) in [5.74, 6) is 1.94. The number of benzene rings is 1. The molecule has 3 nitrogen and oxygen atoms in total. The van der Waals surface area contributed by atoms with Crippen LogP contribution in [-0.4, -0.2) is 13.1 Å². The van der Waals surface area contributed by atoms with Crippen LogP contribution in [0.25, 0.3) is 11.3 Å². The number of rotatable bonds is 7. The third kappa shape index (κ3) is 3.94. The molecular formula is C16H22N2O. The molecule has 102 valence electrons. The highest BCUT2D eigenvalue weighted by Crippen LogP contribution is 2.23. The first-order chi connectivity index (χ1) is 9.33. The van der Waals surface area contributed by atoms with E-state index < -0.39 is 0 Å². The molecule has 1 heterocycles. The fourth-order valence-corrected chi connectivity index (χ4v) is 2.09. The molecule has 19 heavy (non-hydrogen) atoms. The average molecular weight is 258 g/mol. The number of furan rings is 1. The molecule has 1 aromatic heterocycles. The van der Waals surface area contributed by atoms with Crippen LogP contribution in [0.1, 0.15) is 24.2 Å². The van der Waals surface area contributed by atoms with Gasteiger partial charge in [0.05, 0.1) is 0 Å². The first-order valence-electron chi connectivity index (χ1n) is 6.91. The Hall–Kier alpha value is -1.58. The summed E-state index contributed by atoms with van der Waals surface area (Å²) in [5, 5.41) is 0. The first-order valence-corrected chi connectivity index (χ1v) is 6.91. The molecule has 0 aliphatic rings. The van der Waals surface area contributed by atoms with Crippen molar-refractivity contribution < 1.29 is 4.42 Å². The van der Waals surface area contributed by atoms with Gasteiger partial charge in [-0.15, -0.1) is 0 Å². The second-order valence-corrected chi connectivity index (χ2v) is 4.75. The summed E-state index contributed by atoms with van der Waals surface area (Å²) in [7, 11) is 0. The van der Waals surface area contributed by atoms with Crippen LogP contribution in [0.15, 0.2) is 40.8 Å². The van der Waals surface area contributed by atoms with E-state index in [1.54, 1.807) is 0 Å². The third-order valence-electron chi connectivity index (χ3n) is 3.20. The number of nitrogens with two attached hydrogens (primary N) is 2. The van der Waals surface area contributed by atoms with Gasteiger partial charge >= 0.3 is 0 Å². The predicted molar refractivity (Wildman–Crippen MR) is 78.9 cm³/mol.